The number of quaternary nitrogens is 1. The first-order chi connectivity index (χ1) is 16.5. The number of nitrogens with one attached hydrogen (secondary N) is 1. The number of rotatable bonds is 8. The van der Waals surface area contributed by atoms with Gasteiger partial charge >= 0.3 is 0 Å². The lowest BCUT2D eigenvalue weighted by Gasteiger charge is -2.51. The molecule has 0 spiro atoms. The van der Waals surface area contributed by atoms with E-state index in [1.54, 1.807) is 0 Å². The van der Waals surface area contributed by atoms with Gasteiger partial charge in [0.1, 0.15) is 25.1 Å². The van der Waals surface area contributed by atoms with E-state index in [4.69, 9.17) is 10.6 Å². The molecule has 16 heteroatoms. The van der Waals surface area contributed by atoms with Crippen LogP contribution in [-0.4, -0.2) is 110 Å². The SMILES string of the molecule is CO/N=C(\C(=O)NC1C(=O)N2C(C(=O)[O-])=C(C[N+]3(C)CC[C@@H](C(O)O)C3)CS[C@@H]12)c1nsc(N)n1. The van der Waals surface area contributed by atoms with Crippen molar-refractivity contribution in [3.8, 4) is 0 Å². The van der Waals surface area contributed by atoms with Gasteiger partial charge in [-0.05, 0) is 0 Å². The van der Waals surface area contributed by atoms with Gasteiger partial charge in [-0.15, -0.1) is 11.8 Å². The van der Waals surface area contributed by atoms with Crippen LogP contribution in [0.1, 0.15) is 12.2 Å². The molecule has 5 N–H and O–H groups in total. The number of β-lactam (4-membered cyclic amide) rings is 1. The van der Waals surface area contributed by atoms with E-state index in [1.807, 2.05) is 7.05 Å². The standard InChI is InChI=1S/C19H25N7O7S2/c1-26(4-3-8(5-26)17(29)30)6-9-7-34-16-11(15(28)25(16)12(9)18(31)32)21-14(27)10(23-33-2)13-22-19(20)35-24-13/h8,11,16-17,29-30H,3-7H2,1-2H3,(H3-,20,21,22,24,27,31,32)/b23-10-/t8-,11?,16+,26?/m1/s1. The Labute approximate surface area is 208 Å². The summed E-state index contributed by atoms with van der Waals surface area (Å²) < 4.78 is 4.35. The summed E-state index contributed by atoms with van der Waals surface area (Å²) in [7, 11) is 3.15. The van der Waals surface area contributed by atoms with Crippen molar-refractivity contribution in [3.05, 3.63) is 17.1 Å². The van der Waals surface area contributed by atoms with Crippen LogP contribution in [0.25, 0.3) is 0 Å². The lowest BCUT2D eigenvalue weighted by atomic mass is 10.0. The van der Waals surface area contributed by atoms with Gasteiger partial charge in [0.2, 0.25) is 11.5 Å². The predicted octanol–water partition coefficient (Wildman–Crippen LogP) is -3.35. The molecule has 3 aliphatic rings. The minimum absolute atomic E-state index is 0.0572. The Morgan fingerprint density at radius 2 is 2.20 bits per heavy atom. The smallest absolute Gasteiger partial charge is 0.278 e. The quantitative estimate of drug-likeness (QED) is 0.0864. The molecule has 0 saturated carbocycles. The number of carbonyl (C=O) groups excluding carboxylic acids is 3. The van der Waals surface area contributed by atoms with Crippen molar-refractivity contribution >= 4 is 51.9 Å². The molecule has 190 valence electrons. The molecule has 0 aliphatic carbocycles. The number of hydrogen-bond acceptors (Lipinski definition) is 13. The average molecular weight is 528 g/mol. The maximum absolute atomic E-state index is 13.0. The summed E-state index contributed by atoms with van der Waals surface area (Å²) in [5.74, 6) is -2.88. The molecule has 1 aromatic heterocycles. The van der Waals surface area contributed by atoms with E-state index >= 15 is 0 Å². The molecule has 2 fully saturated rings. The molecule has 2 saturated heterocycles. The highest BCUT2D eigenvalue weighted by atomic mass is 32.2. The number of aliphatic carboxylic acids is 1. The fourth-order valence-electron chi connectivity index (χ4n) is 4.68. The van der Waals surface area contributed by atoms with Gasteiger partial charge in [0.15, 0.2) is 11.4 Å². The van der Waals surface area contributed by atoms with E-state index in [0.717, 1.165) is 16.4 Å². The van der Waals surface area contributed by atoms with Gasteiger partial charge < -0.3 is 40.5 Å². The molecule has 0 aromatic carbocycles. The fourth-order valence-corrected chi connectivity index (χ4v) is 6.45. The topological polar surface area (TPSA) is 203 Å². The predicted molar refractivity (Wildman–Crippen MR) is 122 cm³/mol. The first-order valence-electron chi connectivity index (χ1n) is 10.6. The van der Waals surface area contributed by atoms with E-state index in [2.05, 4.69) is 19.8 Å². The number of aliphatic hydroxyl groups excluding tert-OH is 1. The second-order valence-corrected chi connectivity index (χ2v) is 10.7. The van der Waals surface area contributed by atoms with Crippen molar-refractivity contribution in [1.82, 2.24) is 19.6 Å². The Bertz CT molecular complexity index is 1110. The molecule has 4 atom stereocenters. The molecule has 0 bridgehead atoms. The van der Waals surface area contributed by atoms with E-state index in [0.29, 0.717) is 41.9 Å². The maximum Gasteiger partial charge on any atom is 0.278 e. The zero-order valence-corrected chi connectivity index (χ0v) is 20.5. The number of amides is 2. The number of carboxylic acids is 1. The summed E-state index contributed by atoms with van der Waals surface area (Å²) in [6.45, 7) is 1.44. The molecule has 4 heterocycles. The third kappa shape index (κ3) is 4.84. The number of fused-ring (bicyclic) bond motifs is 1. The van der Waals surface area contributed by atoms with Crippen molar-refractivity contribution < 1.29 is 39.0 Å². The minimum Gasteiger partial charge on any atom is -0.543 e. The number of nitrogens with zero attached hydrogens (tertiary/aromatic N) is 5. The second-order valence-electron chi connectivity index (χ2n) is 8.83. The molecule has 2 amide bonds. The van der Waals surface area contributed by atoms with Gasteiger partial charge in [-0.1, -0.05) is 5.16 Å². The van der Waals surface area contributed by atoms with E-state index in [-0.39, 0.29) is 28.3 Å². The molecule has 14 nitrogen and oxygen atoms in total. The normalized spacial score (nSPS) is 28.7. The van der Waals surface area contributed by atoms with Crippen LogP contribution in [-0.2, 0) is 19.2 Å². The van der Waals surface area contributed by atoms with Crippen LogP contribution in [0.3, 0.4) is 0 Å². The van der Waals surface area contributed by atoms with Crippen molar-refractivity contribution in [1.29, 1.82) is 0 Å². The van der Waals surface area contributed by atoms with Crippen LogP contribution >= 0.6 is 23.3 Å². The molecule has 3 aliphatic heterocycles. The number of thioether (sulfide) groups is 1. The van der Waals surface area contributed by atoms with Crippen LogP contribution in [0.5, 0.6) is 0 Å². The number of anilines is 1. The van der Waals surface area contributed by atoms with Crippen molar-refractivity contribution in [3.63, 3.8) is 0 Å². The summed E-state index contributed by atoms with van der Waals surface area (Å²) in [5.41, 5.74) is 5.63. The number of carboxylic acid groups (broad SMARTS) is 1. The molecular weight excluding hydrogens is 502 g/mol. The van der Waals surface area contributed by atoms with Gasteiger partial charge in [-0.3, -0.25) is 14.5 Å². The summed E-state index contributed by atoms with van der Waals surface area (Å²) in [4.78, 5) is 47.5. The molecule has 35 heavy (non-hydrogen) atoms. The third-order valence-corrected chi connectivity index (χ3v) is 8.17. The largest absolute Gasteiger partial charge is 0.543 e. The number of nitrogen functional groups attached to an aromatic ring is 1. The van der Waals surface area contributed by atoms with Gasteiger partial charge in [-0.2, -0.15) is 9.36 Å². The van der Waals surface area contributed by atoms with E-state index in [1.165, 1.54) is 18.9 Å². The fraction of sp³-hybridized carbons (Fsp3) is 0.579. The van der Waals surface area contributed by atoms with Crippen molar-refractivity contribution in [2.45, 2.75) is 24.1 Å². The molecule has 2 unspecified atom stereocenters. The molecule has 4 rings (SSSR count). The summed E-state index contributed by atoms with van der Waals surface area (Å²) >= 11 is 2.19. The maximum atomic E-state index is 13.0. The van der Waals surface area contributed by atoms with Crippen LogP contribution in [0.4, 0.5) is 5.13 Å². The van der Waals surface area contributed by atoms with Crippen molar-refractivity contribution in [2.75, 3.05) is 45.3 Å². The van der Waals surface area contributed by atoms with E-state index in [9.17, 15) is 29.7 Å². The Kier molecular flexibility index (Phi) is 7.01. The first kappa shape index (κ1) is 25.3. The summed E-state index contributed by atoms with van der Waals surface area (Å²) in [5, 5.41) is 36.7. The lowest BCUT2D eigenvalue weighted by molar-refractivity contribution is -0.894. The zero-order chi connectivity index (χ0) is 25.5. The minimum atomic E-state index is -1.48. The number of aliphatic hydroxyl groups is 2. The van der Waals surface area contributed by atoms with Crippen LogP contribution in [0.2, 0.25) is 0 Å². The Hall–Kier alpha value is -2.79. The highest BCUT2D eigenvalue weighted by Gasteiger charge is 2.54. The first-order valence-corrected chi connectivity index (χ1v) is 12.5. The van der Waals surface area contributed by atoms with E-state index < -0.39 is 35.5 Å². The van der Waals surface area contributed by atoms with Gasteiger partial charge in [-0.25, -0.2) is 0 Å². The second kappa shape index (κ2) is 9.69. The Morgan fingerprint density at radius 3 is 2.77 bits per heavy atom. The average Bonchev–Trinajstić information content (AvgIpc) is 3.40. The summed E-state index contributed by atoms with van der Waals surface area (Å²) in [6, 6.07) is -0.994. The number of likely N-dealkylation sites (tertiary alicyclic amines) is 1. The van der Waals surface area contributed by atoms with Crippen LogP contribution in [0, 0.1) is 5.92 Å². The Morgan fingerprint density at radius 1 is 1.46 bits per heavy atom. The van der Waals surface area contributed by atoms with Gasteiger partial charge in [0.05, 0.1) is 37.7 Å². The number of carbonyl (C=O) groups is 3. The Balaban J connectivity index is 1.50. The third-order valence-electron chi connectivity index (χ3n) is 6.29. The molecule has 0 radical (unpaired) electrons. The number of nitrogens with two attached hydrogens (primary N) is 1. The van der Waals surface area contributed by atoms with Crippen LogP contribution < -0.4 is 16.2 Å². The number of hydrogen-bond donors (Lipinski definition) is 4. The highest BCUT2D eigenvalue weighted by molar-refractivity contribution is 8.00. The number of aromatic nitrogens is 2. The van der Waals surface area contributed by atoms with Gasteiger partial charge in [0.25, 0.3) is 11.8 Å². The van der Waals surface area contributed by atoms with Crippen molar-refractivity contribution in [2.24, 2.45) is 11.1 Å². The lowest BCUT2D eigenvalue weighted by Crippen LogP contribution is -2.71. The number of likely N-dealkylation sites (N-methyl/N-ethyl adjacent to an activating group) is 1. The molecular formula is C19H25N7O7S2. The zero-order valence-electron chi connectivity index (χ0n) is 18.9. The van der Waals surface area contributed by atoms with Crippen LogP contribution in [0.15, 0.2) is 16.4 Å². The number of oxime groups is 1. The van der Waals surface area contributed by atoms with Gasteiger partial charge in [0, 0.05) is 29.3 Å². The monoisotopic (exact) mass is 527 g/mol. The summed E-state index contributed by atoms with van der Waals surface area (Å²) in [6.07, 6.45) is -0.835. The molecule has 1 aromatic rings. The highest BCUT2D eigenvalue weighted by Crippen LogP contribution is 2.41.